The molecular formula is C28H29N7O5S. The number of hydrogen-bond donors (Lipinski definition) is 4. The first-order valence-corrected chi connectivity index (χ1v) is 14.8. The Morgan fingerprint density at radius 3 is 2.63 bits per heavy atom. The Bertz CT molecular complexity index is 1780. The first-order valence-electron chi connectivity index (χ1n) is 13.3. The number of aryl methyl sites for hydroxylation is 1. The van der Waals surface area contributed by atoms with E-state index in [1.54, 1.807) is 12.3 Å². The maximum absolute atomic E-state index is 13.1. The number of anilines is 2. The average Bonchev–Trinajstić information content (AvgIpc) is 3.84. The molecule has 1 aromatic carbocycles. The fourth-order valence-corrected chi connectivity index (χ4v) is 5.97. The zero-order valence-electron chi connectivity index (χ0n) is 22.4. The lowest BCUT2D eigenvalue weighted by Crippen LogP contribution is -2.30. The second-order valence-corrected chi connectivity index (χ2v) is 12.3. The molecule has 3 aromatic heterocycles. The van der Waals surface area contributed by atoms with E-state index in [0.717, 1.165) is 17.0 Å². The Morgan fingerprint density at radius 1 is 1.10 bits per heavy atom. The van der Waals surface area contributed by atoms with Crippen LogP contribution < -0.4 is 15.4 Å². The van der Waals surface area contributed by atoms with E-state index in [0.29, 0.717) is 23.9 Å². The molecule has 2 fully saturated rings. The molecule has 0 bridgehead atoms. The van der Waals surface area contributed by atoms with Crippen LogP contribution in [0.3, 0.4) is 0 Å². The van der Waals surface area contributed by atoms with Crippen LogP contribution in [0.25, 0.3) is 5.65 Å². The molecule has 13 heteroatoms. The van der Waals surface area contributed by atoms with Crippen LogP contribution in [-0.4, -0.2) is 44.9 Å². The van der Waals surface area contributed by atoms with Crippen LogP contribution in [0.1, 0.15) is 66.8 Å². The monoisotopic (exact) mass is 575 g/mol. The lowest BCUT2D eigenvalue weighted by atomic mass is 10.2. The number of sulfonamides is 1. The first kappa shape index (κ1) is 26.7. The summed E-state index contributed by atoms with van der Waals surface area (Å²) in [5.74, 6) is 0.170. The van der Waals surface area contributed by atoms with Crippen LogP contribution in [0.2, 0.25) is 0 Å². The van der Waals surface area contributed by atoms with Gasteiger partial charge in [0.1, 0.15) is 16.4 Å². The number of carboxylic acid groups (broad SMARTS) is 1. The van der Waals surface area contributed by atoms with Crippen molar-refractivity contribution in [2.45, 2.75) is 55.9 Å². The van der Waals surface area contributed by atoms with E-state index < -0.39 is 27.9 Å². The molecule has 4 aromatic rings. The van der Waals surface area contributed by atoms with Crippen LogP contribution in [0.5, 0.6) is 0 Å². The standard InChI is InChI=1S/C28H29N7O5S/c1-15-9-10-29-26(30-15)20-12-21(20)27(36)33-22-11-19(6-7-24(22)41(39,40)34-28(37)38)31-16(2)23-14-35-13-18(17-3-4-17)5-8-25(35)32-23/h5-11,13-14,16-17,20-21,31,34H,3-4,12H2,1-2H3,(H,33,36)(H,37,38)/t16?,20-,21-/m0/s1. The van der Waals surface area contributed by atoms with Crippen molar-refractivity contribution in [3.63, 3.8) is 0 Å². The van der Waals surface area contributed by atoms with Gasteiger partial charge in [0.25, 0.3) is 10.0 Å². The van der Waals surface area contributed by atoms with Gasteiger partial charge in [-0.05, 0) is 74.9 Å². The highest BCUT2D eigenvalue weighted by molar-refractivity contribution is 7.90. The predicted octanol–water partition coefficient (Wildman–Crippen LogP) is 4.18. The summed E-state index contributed by atoms with van der Waals surface area (Å²) in [5, 5.41) is 15.1. The van der Waals surface area contributed by atoms with Gasteiger partial charge in [-0.3, -0.25) is 4.79 Å². The second kappa shape index (κ2) is 10.1. The summed E-state index contributed by atoms with van der Waals surface area (Å²) in [7, 11) is -4.47. The van der Waals surface area contributed by atoms with Crippen LogP contribution in [0.15, 0.2) is 59.9 Å². The van der Waals surface area contributed by atoms with Gasteiger partial charge < -0.3 is 20.1 Å². The van der Waals surface area contributed by atoms with Gasteiger partial charge in [0.05, 0.1) is 17.4 Å². The summed E-state index contributed by atoms with van der Waals surface area (Å²) in [6.07, 6.45) is 6.91. The Kier molecular flexibility index (Phi) is 6.60. The van der Waals surface area contributed by atoms with Gasteiger partial charge in [0.15, 0.2) is 0 Å². The number of carbonyl (C=O) groups is 2. The number of carbonyl (C=O) groups excluding carboxylic acids is 1. The molecule has 212 valence electrons. The van der Waals surface area contributed by atoms with E-state index in [1.807, 2.05) is 30.5 Å². The van der Waals surface area contributed by atoms with E-state index in [4.69, 9.17) is 10.1 Å². The van der Waals surface area contributed by atoms with Gasteiger partial charge in [-0.1, -0.05) is 6.07 Å². The molecular weight excluding hydrogens is 546 g/mol. The lowest BCUT2D eigenvalue weighted by Gasteiger charge is -2.17. The normalized spacial score (nSPS) is 19.0. The zero-order valence-corrected chi connectivity index (χ0v) is 23.2. The molecule has 2 saturated carbocycles. The smallest absolute Gasteiger partial charge is 0.418 e. The van der Waals surface area contributed by atoms with Crippen molar-refractivity contribution in [3.8, 4) is 0 Å². The maximum atomic E-state index is 13.1. The van der Waals surface area contributed by atoms with E-state index in [2.05, 4.69) is 32.9 Å². The zero-order chi connectivity index (χ0) is 28.9. The minimum atomic E-state index is -4.47. The number of hydrogen-bond acceptors (Lipinski definition) is 8. The van der Waals surface area contributed by atoms with E-state index in [-0.39, 0.29) is 22.5 Å². The summed E-state index contributed by atoms with van der Waals surface area (Å²) >= 11 is 0. The van der Waals surface area contributed by atoms with E-state index in [1.165, 1.54) is 41.3 Å². The molecule has 0 radical (unpaired) electrons. The number of benzene rings is 1. The van der Waals surface area contributed by atoms with Gasteiger partial charge in [-0.2, -0.15) is 0 Å². The Morgan fingerprint density at radius 2 is 1.90 bits per heavy atom. The number of pyridine rings is 1. The van der Waals surface area contributed by atoms with Crippen molar-refractivity contribution in [3.05, 3.63) is 77.8 Å². The molecule has 12 nitrogen and oxygen atoms in total. The van der Waals surface area contributed by atoms with Crippen molar-refractivity contribution in [1.29, 1.82) is 0 Å². The van der Waals surface area contributed by atoms with E-state index >= 15 is 0 Å². The van der Waals surface area contributed by atoms with Crippen molar-refractivity contribution >= 4 is 39.0 Å². The largest absolute Gasteiger partial charge is 0.464 e. The number of nitrogens with one attached hydrogen (secondary N) is 3. The third-order valence-electron chi connectivity index (χ3n) is 7.39. The predicted molar refractivity (Wildman–Crippen MR) is 150 cm³/mol. The molecule has 0 saturated heterocycles. The number of rotatable bonds is 9. The molecule has 2 aliphatic carbocycles. The molecule has 2 aliphatic rings. The lowest BCUT2D eigenvalue weighted by molar-refractivity contribution is -0.117. The van der Waals surface area contributed by atoms with Crippen LogP contribution in [-0.2, 0) is 14.8 Å². The third-order valence-corrected chi connectivity index (χ3v) is 8.77. The Balaban J connectivity index is 1.24. The topological polar surface area (TPSA) is 168 Å². The number of imidazole rings is 1. The van der Waals surface area contributed by atoms with Crippen LogP contribution in [0, 0.1) is 12.8 Å². The Hall–Kier alpha value is -4.52. The van der Waals surface area contributed by atoms with Crippen molar-refractivity contribution in [1.82, 2.24) is 24.1 Å². The van der Waals surface area contributed by atoms with Gasteiger partial charge >= 0.3 is 6.09 Å². The minimum Gasteiger partial charge on any atom is -0.464 e. The number of fused-ring (bicyclic) bond motifs is 1. The SMILES string of the molecule is Cc1ccnc([C@H]2C[C@@H]2C(=O)Nc2cc(NC(C)c3cn4cc(C5CC5)ccc4n3)ccc2S(=O)(=O)NC(=O)O)n1. The molecule has 41 heavy (non-hydrogen) atoms. The molecule has 3 heterocycles. The van der Waals surface area contributed by atoms with Crippen molar-refractivity contribution in [2.75, 3.05) is 10.6 Å². The highest BCUT2D eigenvalue weighted by atomic mass is 32.2. The number of aromatic nitrogens is 4. The fourth-order valence-electron chi connectivity index (χ4n) is 4.98. The summed E-state index contributed by atoms with van der Waals surface area (Å²) < 4.78 is 29.1. The molecule has 1 unspecified atom stereocenters. The summed E-state index contributed by atoms with van der Waals surface area (Å²) in [4.78, 5) is 37.3. The summed E-state index contributed by atoms with van der Waals surface area (Å²) in [6.45, 7) is 3.77. The molecule has 0 spiro atoms. The quantitative estimate of drug-likeness (QED) is 0.229. The summed E-state index contributed by atoms with van der Waals surface area (Å²) in [5.41, 5.74) is 4.17. The Labute approximate surface area is 236 Å². The van der Waals surface area contributed by atoms with Gasteiger partial charge in [-0.15, -0.1) is 0 Å². The maximum Gasteiger partial charge on any atom is 0.418 e. The molecule has 3 atom stereocenters. The number of amides is 2. The molecule has 6 rings (SSSR count). The van der Waals surface area contributed by atoms with Crippen molar-refractivity contribution < 1.29 is 23.1 Å². The second-order valence-electron chi connectivity index (χ2n) is 10.6. The van der Waals surface area contributed by atoms with Gasteiger partial charge in [-0.25, -0.2) is 32.9 Å². The fraction of sp³-hybridized carbons (Fsp3) is 0.321. The number of nitrogens with zero attached hydrogens (tertiary/aromatic N) is 4. The van der Waals surface area contributed by atoms with Crippen molar-refractivity contribution in [2.24, 2.45) is 5.92 Å². The highest BCUT2D eigenvalue weighted by Gasteiger charge is 2.46. The van der Waals surface area contributed by atoms with Crippen LogP contribution in [0.4, 0.5) is 16.2 Å². The van der Waals surface area contributed by atoms with Gasteiger partial charge in [0, 0.05) is 41.8 Å². The van der Waals surface area contributed by atoms with Gasteiger partial charge in [0.2, 0.25) is 5.91 Å². The minimum absolute atomic E-state index is 0.0409. The molecule has 4 N–H and O–H groups in total. The van der Waals surface area contributed by atoms with E-state index in [9.17, 15) is 18.0 Å². The summed E-state index contributed by atoms with van der Waals surface area (Å²) in [6, 6.07) is 9.88. The third kappa shape index (κ3) is 5.71. The molecule has 0 aliphatic heterocycles. The highest BCUT2D eigenvalue weighted by Crippen LogP contribution is 2.47. The first-order chi connectivity index (χ1) is 19.6. The average molecular weight is 576 g/mol. The van der Waals surface area contributed by atoms with Crippen LogP contribution >= 0.6 is 0 Å². The molecule has 2 amide bonds.